The zero-order chi connectivity index (χ0) is 14.8. The van der Waals surface area contributed by atoms with Crippen molar-refractivity contribution in [3.8, 4) is 5.75 Å². The molecule has 1 aromatic heterocycles. The summed E-state index contributed by atoms with van der Waals surface area (Å²) < 4.78 is 11.8. The van der Waals surface area contributed by atoms with Gasteiger partial charge in [-0.15, -0.1) is 0 Å². The third-order valence-corrected chi connectivity index (χ3v) is 3.74. The molecule has 0 amide bonds. The van der Waals surface area contributed by atoms with Gasteiger partial charge >= 0.3 is 0 Å². The summed E-state index contributed by atoms with van der Waals surface area (Å²) in [6, 6.07) is 14.4. The number of hydrogen-bond acceptors (Lipinski definition) is 3. The summed E-state index contributed by atoms with van der Waals surface area (Å²) in [5.74, 6) is 0.513. The van der Waals surface area contributed by atoms with Crippen LogP contribution in [0, 0.1) is 0 Å². The van der Waals surface area contributed by atoms with E-state index in [9.17, 15) is 4.79 Å². The van der Waals surface area contributed by atoms with Crippen molar-refractivity contribution < 1.29 is 13.9 Å². The molecule has 0 aliphatic heterocycles. The van der Waals surface area contributed by atoms with E-state index >= 15 is 0 Å². The second-order valence-electron chi connectivity index (χ2n) is 4.44. The molecule has 21 heavy (non-hydrogen) atoms. The Morgan fingerprint density at radius 1 is 1.19 bits per heavy atom. The Morgan fingerprint density at radius 3 is 2.76 bits per heavy atom. The van der Waals surface area contributed by atoms with Gasteiger partial charge in [-0.2, -0.15) is 0 Å². The number of halogens is 2. The largest absolute Gasteiger partial charge is 0.484 e. The van der Waals surface area contributed by atoms with E-state index < -0.39 is 0 Å². The highest BCUT2D eigenvalue weighted by Gasteiger charge is 2.13. The maximum Gasteiger partial charge on any atom is 0.235 e. The summed E-state index contributed by atoms with van der Waals surface area (Å²) in [5, 5.41) is 1.34. The van der Waals surface area contributed by atoms with Crippen LogP contribution < -0.4 is 4.74 Å². The molecule has 0 atom stereocenters. The molecule has 3 nitrogen and oxygen atoms in total. The molecule has 0 aliphatic carbocycles. The van der Waals surface area contributed by atoms with Gasteiger partial charge in [-0.25, -0.2) is 0 Å². The van der Waals surface area contributed by atoms with Crippen LogP contribution in [0.2, 0.25) is 5.02 Å². The highest BCUT2D eigenvalue weighted by molar-refractivity contribution is 9.10. The Bertz CT molecular complexity index is 777. The van der Waals surface area contributed by atoms with Gasteiger partial charge in [-0.1, -0.05) is 45.7 Å². The Labute approximate surface area is 134 Å². The van der Waals surface area contributed by atoms with E-state index in [4.69, 9.17) is 20.8 Å². The van der Waals surface area contributed by atoms with Crippen molar-refractivity contribution in [3.63, 3.8) is 0 Å². The second kappa shape index (κ2) is 5.92. The van der Waals surface area contributed by atoms with Crippen molar-refractivity contribution in [3.05, 3.63) is 63.8 Å². The van der Waals surface area contributed by atoms with Crippen molar-refractivity contribution in [1.29, 1.82) is 0 Å². The van der Waals surface area contributed by atoms with Crippen LogP contribution in [0.25, 0.3) is 11.0 Å². The normalized spacial score (nSPS) is 10.8. The molecule has 0 spiro atoms. The van der Waals surface area contributed by atoms with E-state index in [0.29, 0.717) is 16.4 Å². The lowest BCUT2D eigenvalue weighted by Gasteiger charge is -2.06. The van der Waals surface area contributed by atoms with Crippen LogP contribution in [0.4, 0.5) is 0 Å². The Balaban J connectivity index is 1.74. The number of furan rings is 1. The number of ketones is 1. The lowest BCUT2D eigenvalue weighted by Crippen LogP contribution is -2.10. The molecule has 0 aliphatic rings. The van der Waals surface area contributed by atoms with Gasteiger partial charge < -0.3 is 9.15 Å². The highest BCUT2D eigenvalue weighted by Crippen LogP contribution is 2.28. The van der Waals surface area contributed by atoms with Crippen molar-refractivity contribution in [2.75, 3.05) is 6.61 Å². The minimum absolute atomic E-state index is 0.124. The summed E-state index contributed by atoms with van der Waals surface area (Å²) in [6.07, 6.45) is 0. The minimum Gasteiger partial charge on any atom is -0.484 e. The van der Waals surface area contributed by atoms with Gasteiger partial charge in [0.1, 0.15) is 11.3 Å². The molecule has 1 heterocycles. The number of fused-ring (bicyclic) bond motifs is 1. The molecule has 0 fully saturated rings. The molecular weight excluding hydrogens is 356 g/mol. The van der Waals surface area contributed by atoms with Crippen LogP contribution >= 0.6 is 27.5 Å². The first kappa shape index (κ1) is 14.2. The lowest BCUT2D eigenvalue weighted by atomic mass is 10.2. The number of carbonyl (C=O) groups is 1. The van der Waals surface area contributed by atoms with E-state index in [1.807, 2.05) is 24.3 Å². The van der Waals surface area contributed by atoms with Crippen LogP contribution in [-0.2, 0) is 0 Å². The van der Waals surface area contributed by atoms with Crippen LogP contribution in [-0.4, -0.2) is 12.4 Å². The predicted molar refractivity (Wildman–Crippen MR) is 85.2 cm³/mol. The number of benzene rings is 2. The number of para-hydroxylation sites is 1. The van der Waals surface area contributed by atoms with E-state index in [-0.39, 0.29) is 18.2 Å². The fraction of sp³-hybridized carbons (Fsp3) is 0.0625. The number of ether oxygens (including phenoxy) is 1. The molecular formula is C16H10BrClO3. The topological polar surface area (TPSA) is 39.4 Å². The van der Waals surface area contributed by atoms with E-state index in [0.717, 1.165) is 9.86 Å². The number of Topliss-reactive ketones (excluding diaryl/α,β-unsaturated/α-hetero) is 1. The molecule has 2 aromatic carbocycles. The summed E-state index contributed by atoms with van der Waals surface area (Å²) >= 11 is 9.34. The molecule has 3 rings (SSSR count). The number of rotatable bonds is 4. The first-order chi connectivity index (χ1) is 10.1. The molecule has 5 heteroatoms. The second-order valence-corrected chi connectivity index (χ2v) is 5.76. The standard InChI is InChI=1S/C16H10BrClO3/c17-11-5-6-15(12(18)8-11)20-9-13(19)16-7-10-3-1-2-4-14(10)21-16/h1-8H,9H2. The van der Waals surface area contributed by atoms with Crippen molar-refractivity contribution in [2.45, 2.75) is 0 Å². The van der Waals surface area contributed by atoms with E-state index in [1.165, 1.54) is 0 Å². The van der Waals surface area contributed by atoms with Gasteiger partial charge in [0.2, 0.25) is 5.78 Å². The smallest absolute Gasteiger partial charge is 0.235 e. The zero-order valence-electron chi connectivity index (χ0n) is 10.8. The Hall–Kier alpha value is -1.78. The molecule has 106 valence electrons. The van der Waals surface area contributed by atoms with Crippen LogP contribution in [0.3, 0.4) is 0 Å². The molecule has 0 saturated carbocycles. The van der Waals surface area contributed by atoms with Gasteiger partial charge in [0.05, 0.1) is 5.02 Å². The van der Waals surface area contributed by atoms with Gasteiger partial charge in [0, 0.05) is 9.86 Å². The fourth-order valence-corrected chi connectivity index (χ4v) is 2.65. The van der Waals surface area contributed by atoms with Crippen molar-refractivity contribution >= 4 is 44.3 Å². The first-order valence-corrected chi connectivity index (χ1v) is 7.40. The molecule has 0 N–H and O–H groups in total. The van der Waals surface area contributed by atoms with Crippen molar-refractivity contribution in [1.82, 2.24) is 0 Å². The fourth-order valence-electron chi connectivity index (χ4n) is 1.93. The third kappa shape index (κ3) is 3.12. The minimum atomic E-state index is -0.231. The maximum atomic E-state index is 12.1. The monoisotopic (exact) mass is 364 g/mol. The first-order valence-electron chi connectivity index (χ1n) is 6.23. The average Bonchev–Trinajstić information content (AvgIpc) is 2.90. The zero-order valence-corrected chi connectivity index (χ0v) is 13.1. The Morgan fingerprint density at radius 2 is 2.00 bits per heavy atom. The van der Waals surface area contributed by atoms with Crippen LogP contribution in [0.5, 0.6) is 5.75 Å². The average molecular weight is 366 g/mol. The molecule has 0 bridgehead atoms. The van der Waals surface area contributed by atoms with E-state index in [2.05, 4.69) is 15.9 Å². The van der Waals surface area contributed by atoms with Crippen molar-refractivity contribution in [2.24, 2.45) is 0 Å². The quantitative estimate of drug-likeness (QED) is 0.603. The molecule has 0 radical (unpaired) electrons. The Kier molecular flexibility index (Phi) is 3.99. The molecule has 0 saturated heterocycles. The molecule has 0 unspecified atom stereocenters. The summed E-state index contributed by atoms with van der Waals surface area (Å²) in [6.45, 7) is -0.124. The summed E-state index contributed by atoms with van der Waals surface area (Å²) in [5.41, 5.74) is 0.683. The lowest BCUT2D eigenvalue weighted by molar-refractivity contribution is 0.0896. The summed E-state index contributed by atoms with van der Waals surface area (Å²) in [4.78, 5) is 12.1. The van der Waals surface area contributed by atoms with Gasteiger partial charge in [0.15, 0.2) is 12.4 Å². The van der Waals surface area contributed by atoms with E-state index in [1.54, 1.807) is 24.3 Å². The SMILES string of the molecule is O=C(COc1ccc(Br)cc1Cl)c1cc2ccccc2o1. The van der Waals surface area contributed by atoms with Gasteiger partial charge in [0.25, 0.3) is 0 Å². The molecule has 3 aromatic rings. The highest BCUT2D eigenvalue weighted by atomic mass is 79.9. The van der Waals surface area contributed by atoms with Gasteiger partial charge in [-0.05, 0) is 30.3 Å². The summed E-state index contributed by atoms with van der Waals surface area (Å²) in [7, 11) is 0. The number of hydrogen-bond donors (Lipinski definition) is 0. The van der Waals surface area contributed by atoms with Gasteiger partial charge in [-0.3, -0.25) is 4.79 Å². The predicted octanol–water partition coefficient (Wildman–Crippen LogP) is 5.11. The third-order valence-electron chi connectivity index (χ3n) is 2.95. The van der Waals surface area contributed by atoms with Crippen LogP contribution in [0.15, 0.2) is 57.4 Å². The van der Waals surface area contributed by atoms with Crippen LogP contribution in [0.1, 0.15) is 10.6 Å². The number of carbonyl (C=O) groups excluding carboxylic acids is 1. The maximum absolute atomic E-state index is 12.1.